The van der Waals surface area contributed by atoms with Gasteiger partial charge in [-0.1, -0.05) is 11.6 Å². The molecule has 2 aromatic rings. The van der Waals surface area contributed by atoms with Crippen molar-refractivity contribution >= 4 is 52.5 Å². The Hall–Kier alpha value is -3.04. The quantitative estimate of drug-likeness (QED) is 0.273. The van der Waals surface area contributed by atoms with Crippen LogP contribution in [0.5, 0.6) is 0 Å². The van der Waals surface area contributed by atoms with Crippen LogP contribution in [0.2, 0.25) is 5.02 Å². The molecular formula is C16H10ClN3O5S. The molecule has 26 heavy (non-hydrogen) atoms. The topological polar surface area (TPSA) is 114 Å². The smallest absolute Gasteiger partial charge is 0.280 e. The fourth-order valence-corrected chi connectivity index (χ4v) is 2.69. The molecule has 1 saturated heterocycles. The van der Waals surface area contributed by atoms with Crippen molar-refractivity contribution in [2.24, 2.45) is 0 Å². The maximum Gasteiger partial charge on any atom is 0.280 e. The summed E-state index contributed by atoms with van der Waals surface area (Å²) in [7, 11) is 0. The van der Waals surface area contributed by atoms with Crippen LogP contribution in [0, 0.1) is 17.0 Å². The summed E-state index contributed by atoms with van der Waals surface area (Å²) in [6, 6.07) is 5.75. The van der Waals surface area contributed by atoms with Gasteiger partial charge in [0.2, 0.25) is 0 Å². The Kier molecular flexibility index (Phi) is 4.58. The SMILES string of the molecule is Cc1cc([N+](=O)[O-])c(-c2ccc(C=C3C(=O)NC(=S)NC3=O)o2)cc1Cl. The van der Waals surface area contributed by atoms with E-state index in [9.17, 15) is 19.7 Å². The molecule has 0 radical (unpaired) electrons. The summed E-state index contributed by atoms with van der Waals surface area (Å²) >= 11 is 10.8. The Bertz CT molecular complexity index is 989. The van der Waals surface area contributed by atoms with Gasteiger partial charge in [-0.2, -0.15) is 0 Å². The number of nitrogens with one attached hydrogen (secondary N) is 2. The lowest BCUT2D eigenvalue weighted by molar-refractivity contribution is -0.384. The van der Waals surface area contributed by atoms with Crippen molar-refractivity contribution in [2.45, 2.75) is 6.92 Å². The minimum Gasteiger partial charge on any atom is -0.456 e. The Morgan fingerprint density at radius 2 is 1.88 bits per heavy atom. The monoisotopic (exact) mass is 391 g/mol. The van der Waals surface area contributed by atoms with Gasteiger partial charge in [-0.3, -0.25) is 30.3 Å². The first-order valence-electron chi connectivity index (χ1n) is 7.19. The molecule has 132 valence electrons. The first-order valence-corrected chi connectivity index (χ1v) is 7.98. The highest BCUT2D eigenvalue weighted by molar-refractivity contribution is 7.80. The second-order valence-corrected chi connectivity index (χ2v) is 6.19. The van der Waals surface area contributed by atoms with E-state index >= 15 is 0 Å². The van der Waals surface area contributed by atoms with Crippen molar-refractivity contribution in [3.8, 4) is 11.3 Å². The Balaban J connectivity index is 2.01. The molecule has 8 nitrogen and oxygen atoms in total. The largest absolute Gasteiger partial charge is 0.456 e. The fourth-order valence-electron chi connectivity index (χ4n) is 2.34. The zero-order valence-electron chi connectivity index (χ0n) is 13.2. The molecule has 3 rings (SSSR count). The highest BCUT2D eigenvalue weighted by atomic mass is 35.5. The number of nitrogens with zero attached hydrogens (tertiary/aromatic N) is 1. The van der Waals surface area contributed by atoms with Crippen molar-refractivity contribution in [1.82, 2.24) is 10.6 Å². The molecule has 1 aliphatic rings. The highest BCUT2D eigenvalue weighted by Crippen LogP contribution is 2.35. The number of carbonyl (C=O) groups is 2. The molecule has 0 bridgehead atoms. The van der Waals surface area contributed by atoms with Crippen LogP contribution in [-0.4, -0.2) is 21.9 Å². The van der Waals surface area contributed by atoms with Crippen LogP contribution in [0.1, 0.15) is 11.3 Å². The normalized spacial score (nSPS) is 14.1. The minimum atomic E-state index is -0.666. The van der Waals surface area contributed by atoms with Crippen LogP contribution in [0.15, 0.2) is 34.3 Å². The van der Waals surface area contributed by atoms with E-state index in [1.54, 1.807) is 6.92 Å². The fraction of sp³-hybridized carbons (Fsp3) is 0.0625. The van der Waals surface area contributed by atoms with Gasteiger partial charge >= 0.3 is 0 Å². The van der Waals surface area contributed by atoms with Crippen molar-refractivity contribution in [3.05, 3.63) is 56.3 Å². The summed E-state index contributed by atoms with van der Waals surface area (Å²) in [5.74, 6) is -0.987. The molecule has 1 aromatic carbocycles. The van der Waals surface area contributed by atoms with Gasteiger partial charge in [0.15, 0.2) is 5.11 Å². The molecule has 2 heterocycles. The van der Waals surface area contributed by atoms with E-state index in [1.165, 1.54) is 30.3 Å². The molecule has 1 fully saturated rings. The number of nitro benzene ring substituents is 1. The number of aryl methyl sites for hydroxylation is 1. The lowest BCUT2D eigenvalue weighted by atomic mass is 10.1. The Morgan fingerprint density at radius 1 is 1.23 bits per heavy atom. The summed E-state index contributed by atoms with van der Waals surface area (Å²) in [4.78, 5) is 34.4. The molecule has 0 unspecified atom stereocenters. The van der Waals surface area contributed by atoms with Gasteiger partial charge in [0, 0.05) is 11.1 Å². The summed E-state index contributed by atoms with van der Waals surface area (Å²) in [5.41, 5.74) is 0.381. The molecule has 0 atom stereocenters. The van der Waals surface area contributed by atoms with Gasteiger partial charge in [-0.15, -0.1) is 0 Å². The molecule has 2 N–H and O–H groups in total. The highest BCUT2D eigenvalue weighted by Gasteiger charge is 2.26. The summed E-state index contributed by atoms with van der Waals surface area (Å²) in [5, 5.41) is 16.2. The first-order chi connectivity index (χ1) is 12.3. The molecule has 0 aliphatic carbocycles. The standard InChI is InChI=1S/C16H10ClN3O5S/c1-7-4-12(20(23)24)9(6-11(7)17)13-3-2-8(25-13)5-10-14(21)18-16(26)19-15(10)22/h2-6H,1H3,(H2,18,19,21,22,26). The van der Waals surface area contributed by atoms with Crippen molar-refractivity contribution in [1.29, 1.82) is 0 Å². The molecule has 2 amide bonds. The van der Waals surface area contributed by atoms with Crippen LogP contribution in [-0.2, 0) is 9.59 Å². The lowest BCUT2D eigenvalue weighted by Crippen LogP contribution is -2.51. The number of hydrogen-bond donors (Lipinski definition) is 2. The Labute approximate surface area is 157 Å². The van der Waals surface area contributed by atoms with Crippen molar-refractivity contribution in [3.63, 3.8) is 0 Å². The van der Waals surface area contributed by atoms with Crippen LogP contribution in [0.25, 0.3) is 17.4 Å². The van der Waals surface area contributed by atoms with Gasteiger partial charge in [0.05, 0.1) is 10.5 Å². The lowest BCUT2D eigenvalue weighted by Gasteiger charge is -2.15. The average molecular weight is 392 g/mol. The molecule has 0 spiro atoms. The molecule has 1 aromatic heterocycles. The zero-order valence-corrected chi connectivity index (χ0v) is 14.7. The van der Waals surface area contributed by atoms with E-state index in [0.717, 1.165) is 0 Å². The van der Waals surface area contributed by atoms with Gasteiger partial charge in [0.25, 0.3) is 17.5 Å². The second-order valence-electron chi connectivity index (χ2n) is 5.37. The predicted octanol–water partition coefficient (Wildman–Crippen LogP) is 2.73. The van der Waals surface area contributed by atoms with Gasteiger partial charge < -0.3 is 4.42 Å². The van der Waals surface area contributed by atoms with Gasteiger partial charge in [0.1, 0.15) is 17.1 Å². The van der Waals surface area contributed by atoms with E-state index in [0.29, 0.717) is 10.6 Å². The third-order valence-corrected chi connectivity index (χ3v) is 4.21. The maximum absolute atomic E-state index is 11.8. The Morgan fingerprint density at radius 3 is 2.50 bits per heavy atom. The number of carbonyl (C=O) groups excluding carboxylic acids is 2. The summed E-state index contributed by atoms with van der Waals surface area (Å²) < 4.78 is 5.55. The van der Waals surface area contributed by atoms with Crippen molar-refractivity contribution < 1.29 is 18.9 Å². The number of thiocarbonyl (C=S) groups is 1. The van der Waals surface area contributed by atoms with E-state index in [2.05, 4.69) is 10.6 Å². The van der Waals surface area contributed by atoms with E-state index < -0.39 is 16.7 Å². The van der Waals surface area contributed by atoms with E-state index in [1.807, 2.05) is 0 Å². The minimum absolute atomic E-state index is 0.0813. The molecular weight excluding hydrogens is 382 g/mol. The third kappa shape index (κ3) is 3.35. The molecule has 1 aliphatic heterocycles. The number of rotatable bonds is 3. The van der Waals surface area contributed by atoms with Gasteiger partial charge in [-0.25, -0.2) is 0 Å². The number of hydrogen-bond acceptors (Lipinski definition) is 6. The van der Waals surface area contributed by atoms with E-state index in [4.69, 9.17) is 28.2 Å². The third-order valence-electron chi connectivity index (χ3n) is 3.60. The van der Waals surface area contributed by atoms with Crippen LogP contribution >= 0.6 is 23.8 Å². The summed E-state index contributed by atoms with van der Waals surface area (Å²) in [6.45, 7) is 1.65. The number of amides is 2. The van der Waals surface area contributed by atoms with Gasteiger partial charge in [-0.05, 0) is 49.0 Å². The molecule has 10 heteroatoms. The van der Waals surface area contributed by atoms with Crippen molar-refractivity contribution in [2.75, 3.05) is 0 Å². The zero-order chi connectivity index (χ0) is 19.0. The maximum atomic E-state index is 11.8. The average Bonchev–Trinajstić information content (AvgIpc) is 3.01. The number of benzene rings is 1. The number of furan rings is 1. The second kappa shape index (κ2) is 6.70. The first kappa shape index (κ1) is 17.8. The predicted molar refractivity (Wildman–Crippen MR) is 97.4 cm³/mol. The van der Waals surface area contributed by atoms with Crippen LogP contribution in [0.3, 0.4) is 0 Å². The summed E-state index contributed by atoms with van der Waals surface area (Å²) in [6.07, 6.45) is 1.22. The number of halogens is 1. The van der Waals surface area contributed by atoms with E-state index in [-0.39, 0.29) is 33.5 Å². The number of nitro groups is 1. The van der Waals surface area contributed by atoms with Crippen LogP contribution in [0.4, 0.5) is 5.69 Å². The molecule has 0 saturated carbocycles. The van der Waals surface area contributed by atoms with Crippen LogP contribution < -0.4 is 10.6 Å².